The second-order valence-electron chi connectivity index (χ2n) is 4.66. The van der Waals surface area contributed by atoms with Crippen molar-refractivity contribution in [1.29, 1.82) is 0 Å². The first-order valence-electron chi connectivity index (χ1n) is 6.13. The van der Waals surface area contributed by atoms with E-state index in [0.717, 1.165) is 23.7 Å². The maximum atomic E-state index is 11.4. The molecule has 0 aromatic carbocycles. The van der Waals surface area contributed by atoms with E-state index in [4.69, 9.17) is 0 Å². The first-order valence-corrected chi connectivity index (χ1v) is 6.13. The summed E-state index contributed by atoms with van der Waals surface area (Å²) in [6.45, 7) is 3.86. The summed E-state index contributed by atoms with van der Waals surface area (Å²) in [5.41, 5.74) is 2.11. The van der Waals surface area contributed by atoms with Gasteiger partial charge in [0.2, 0.25) is 5.91 Å². The van der Waals surface area contributed by atoms with Crippen LogP contribution in [0.1, 0.15) is 24.1 Å². The second-order valence-corrected chi connectivity index (χ2v) is 4.66. The number of nitrogens with zero attached hydrogens (tertiary/aromatic N) is 1. The number of amides is 1. The molecular formula is C13H19N3O. The molecule has 1 amide bonds. The van der Waals surface area contributed by atoms with Gasteiger partial charge in [-0.2, -0.15) is 0 Å². The molecule has 1 aromatic rings. The molecule has 0 saturated heterocycles. The number of hydrogen-bond donors (Lipinski definition) is 2. The number of pyridine rings is 1. The Morgan fingerprint density at radius 2 is 2.29 bits per heavy atom. The molecule has 1 aliphatic rings. The molecule has 0 bridgehead atoms. The van der Waals surface area contributed by atoms with Gasteiger partial charge in [0, 0.05) is 25.0 Å². The number of nitrogens with one attached hydrogen (secondary N) is 2. The average molecular weight is 233 g/mol. The summed E-state index contributed by atoms with van der Waals surface area (Å²) in [6.07, 6.45) is 4.37. The fourth-order valence-electron chi connectivity index (χ4n) is 1.57. The third-order valence-electron chi connectivity index (χ3n) is 2.87. The minimum Gasteiger partial charge on any atom is -0.355 e. The van der Waals surface area contributed by atoms with E-state index in [2.05, 4.69) is 15.6 Å². The predicted octanol–water partition coefficient (Wildman–Crippen LogP) is 1.01. The summed E-state index contributed by atoms with van der Waals surface area (Å²) < 4.78 is 0. The largest absolute Gasteiger partial charge is 0.355 e. The Kier molecular flexibility index (Phi) is 4.09. The fourth-order valence-corrected chi connectivity index (χ4v) is 1.57. The minimum atomic E-state index is 0.0805. The molecule has 0 spiro atoms. The van der Waals surface area contributed by atoms with Gasteiger partial charge in [-0.25, -0.2) is 0 Å². The van der Waals surface area contributed by atoms with E-state index >= 15 is 0 Å². The molecule has 2 rings (SSSR count). The first-order chi connectivity index (χ1) is 8.24. The van der Waals surface area contributed by atoms with E-state index in [1.807, 2.05) is 25.3 Å². The van der Waals surface area contributed by atoms with Crippen LogP contribution in [0.3, 0.4) is 0 Å². The van der Waals surface area contributed by atoms with Crippen LogP contribution >= 0.6 is 0 Å². The third-order valence-corrected chi connectivity index (χ3v) is 2.87. The van der Waals surface area contributed by atoms with Crippen LogP contribution in [0.15, 0.2) is 18.3 Å². The molecule has 0 unspecified atom stereocenters. The van der Waals surface area contributed by atoms with Crippen LogP contribution in [-0.2, 0) is 11.3 Å². The van der Waals surface area contributed by atoms with Crippen LogP contribution in [0.4, 0.5) is 0 Å². The topological polar surface area (TPSA) is 54.0 Å². The van der Waals surface area contributed by atoms with Gasteiger partial charge in [0.1, 0.15) is 0 Å². The van der Waals surface area contributed by atoms with Gasteiger partial charge < -0.3 is 10.6 Å². The zero-order valence-electron chi connectivity index (χ0n) is 10.2. The van der Waals surface area contributed by atoms with Crippen LogP contribution in [0.2, 0.25) is 0 Å². The molecule has 17 heavy (non-hydrogen) atoms. The number of hydrogen-bond acceptors (Lipinski definition) is 3. The molecule has 1 aromatic heterocycles. The molecule has 4 heteroatoms. The normalized spacial score (nSPS) is 14.6. The van der Waals surface area contributed by atoms with Crippen molar-refractivity contribution in [3.05, 3.63) is 29.6 Å². The van der Waals surface area contributed by atoms with E-state index in [0.29, 0.717) is 13.1 Å². The summed E-state index contributed by atoms with van der Waals surface area (Å²) >= 11 is 0. The molecule has 0 aliphatic heterocycles. The Labute approximate surface area is 102 Å². The number of aryl methyl sites for hydroxylation is 1. The predicted molar refractivity (Wildman–Crippen MR) is 66.4 cm³/mol. The van der Waals surface area contributed by atoms with Crippen molar-refractivity contribution in [1.82, 2.24) is 15.6 Å². The van der Waals surface area contributed by atoms with Crippen molar-refractivity contribution >= 4 is 5.91 Å². The lowest BCUT2D eigenvalue weighted by atomic mass is 10.2. The monoisotopic (exact) mass is 233 g/mol. The van der Waals surface area contributed by atoms with Crippen LogP contribution in [0.5, 0.6) is 0 Å². The van der Waals surface area contributed by atoms with Crippen molar-refractivity contribution in [2.24, 2.45) is 5.92 Å². The maximum absolute atomic E-state index is 11.4. The zero-order valence-corrected chi connectivity index (χ0v) is 10.2. The quantitative estimate of drug-likeness (QED) is 0.771. The highest BCUT2D eigenvalue weighted by molar-refractivity contribution is 5.77. The van der Waals surface area contributed by atoms with Crippen molar-refractivity contribution in [3.63, 3.8) is 0 Å². The van der Waals surface area contributed by atoms with Crippen LogP contribution in [0.25, 0.3) is 0 Å². The van der Waals surface area contributed by atoms with Gasteiger partial charge in [0.25, 0.3) is 0 Å². The van der Waals surface area contributed by atoms with Crippen molar-refractivity contribution in [3.8, 4) is 0 Å². The third kappa shape index (κ3) is 4.53. The molecule has 1 aliphatic carbocycles. The summed E-state index contributed by atoms with van der Waals surface area (Å²) in [6, 6.07) is 4.00. The number of carbonyl (C=O) groups is 1. The van der Waals surface area contributed by atoms with E-state index in [1.54, 1.807) is 0 Å². The standard InChI is InChI=1S/C13H19N3O/c1-10-2-3-12(8-15-10)6-14-9-13(17)16-7-11-4-5-11/h2-3,8,11,14H,4-7,9H2,1H3,(H,16,17). The van der Waals surface area contributed by atoms with E-state index < -0.39 is 0 Å². The summed E-state index contributed by atoms with van der Waals surface area (Å²) in [5.74, 6) is 0.817. The second kappa shape index (κ2) is 5.77. The summed E-state index contributed by atoms with van der Waals surface area (Å²) in [7, 11) is 0. The highest BCUT2D eigenvalue weighted by Crippen LogP contribution is 2.27. The van der Waals surface area contributed by atoms with Crippen LogP contribution in [0, 0.1) is 12.8 Å². The summed E-state index contributed by atoms with van der Waals surface area (Å²) in [5, 5.41) is 6.04. The average Bonchev–Trinajstić information content (AvgIpc) is 3.13. The molecule has 4 nitrogen and oxygen atoms in total. The molecule has 0 atom stereocenters. The highest BCUT2D eigenvalue weighted by atomic mass is 16.1. The van der Waals surface area contributed by atoms with Gasteiger partial charge in [-0.1, -0.05) is 6.07 Å². The van der Waals surface area contributed by atoms with Gasteiger partial charge in [-0.05, 0) is 37.3 Å². The summed E-state index contributed by atoms with van der Waals surface area (Å²) in [4.78, 5) is 15.6. The zero-order chi connectivity index (χ0) is 12.1. The van der Waals surface area contributed by atoms with Gasteiger partial charge in [-0.3, -0.25) is 9.78 Å². The lowest BCUT2D eigenvalue weighted by Gasteiger charge is -2.06. The Hall–Kier alpha value is -1.42. The van der Waals surface area contributed by atoms with Crippen molar-refractivity contribution < 1.29 is 4.79 Å². The van der Waals surface area contributed by atoms with E-state index in [9.17, 15) is 4.79 Å². The molecular weight excluding hydrogens is 214 g/mol. The molecule has 1 fully saturated rings. The lowest BCUT2D eigenvalue weighted by molar-refractivity contribution is -0.120. The number of rotatable bonds is 6. The Balaban J connectivity index is 1.61. The van der Waals surface area contributed by atoms with Gasteiger partial charge in [0.15, 0.2) is 0 Å². The number of aromatic nitrogens is 1. The Bertz CT molecular complexity index is 371. The van der Waals surface area contributed by atoms with E-state index in [1.165, 1.54) is 12.8 Å². The van der Waals surface area contributed by atoms with Crippen molar-refractivity contribution in [2.45, 2.75) is 26.3 Å². The molecule has 92 valence electrons. The van der Waals surface area contributed by atoms with Gasteiger partial charge in [0.05, 0.1) is 6.54 Å². The fraction of sp³-hybridized carbons (Fsp3) is 0.538. The lowest BCUT2D eigenvalue weighted by Crippen LogP contribution is -2.34. The smallest absolute Gasteiger partial charge is 0.233 e. The van der Waals surface area contributed by atoms with Gasteiger partial charge in [-0.15, -0.1) is 0 Å². The molecule has 1 heterocycles. The van der Waals surface area contributed by atoms with E-state index in [-0.39, 0.29) is 5.91 Å². The first kappa shape index (κ1) is 12.0. The number of carbonyl (C=O) groups excluding carboxylic acids is 1. The highest BCUT2D eigenvalue weighted by Gasteiger charge is 2.21. The van der Waals surface area contributed by atoms with Crippen molar-refractivity contribution in [2.75, 3.05) is 13.1 Å². The Morgan fingerprint density at radius 1 is 1.47 bits per heavy atom. The molecule has 0 radical (unpaired) electrons. The SMILES string of the molecule is Cc1ccc(CNCC(=O)NCC2CC2)cn1. The van der Waals surface area contributed by atoms with Crippen LogP contribution < -0.4 is 10.6 Å². The van der Waals surface area contributed by atoms with Gasteiger partial charge >= 0.3 is 0 Å². The molecule has 2 N–H and O–H groups in total. The van der Waals surface area contributed by atoms with Crippen LogP contribution in [-0.4, -0.2) is 24.0 Å². The Morgan fingerprint density at radius 3 is 2.94 bits per heavy atom. The maximum Gasteiger partial charge on any atom is 0.233 e. The molecule has 1 saturated carbocycles. The minimum absolute atomic E-state index is 0.0805.